The third-order valence-electron chi connectivity index (χ3n) is 6.21. The Balaban J connectivity index is 1.56. The van der Waals surface area contributed by atoms with E-state index >= 15 is 0 Å². The van der Waals surface area contributed by atoms with E-state index in [4.69, 9.17) is 9.36 Å². The number of aliphatic hydroxyl groups is 1. The summed E-state index contributed by atoms with van der Waals surface area (Å²) in [6.07, 6.45) is 5.13. The molecule has 1 aromatic heterocycles. The zero-order valence-electron chi connectivity index (χ0n) is 16.4. The maximum absolute atomic E-state index is 13.5. The number of β-amino-alcohol motifs (C(OH)–C–C–N with tert-alkyl or cyclic N) is 1. The number of hydrogen-bond donors (Lipinski definition) is 1. The maximum Gasteiger partial charge on any atom is 0.234 e. The maximum atomic E-state index is 13.5. The van der Waals surface area contributed by atoms with Gasteiger partial charge in [0.05, 0.1) is 23.6 Å². The number of carbonyl (C=O) groups excluding carboxylic acids is 1. The Kier molecular flexibility index (Phi) is 4.74. The highest BCUT2D eigenvalue weighted by molar-refractivity contribution is 5.96. The van der Waals surface area contributed by atoms with Crippen molar-refractivity contribution in [3.8, 4) is 0 Å². The van der Waals surface area contributed by atoms with Crippen LogP contribution in [0.25, 0.3) is 0 Å². The van der Waals surface area contributed by atoms with Crippen LogP contribution in [-0.4, -0.2) is 51.1 Å². The molecule has 148 valence electrons. The molecule has 0 bridgehead atoms. The second kappa shape index (κ2) is 6.93. The van der Waals surface area contributed by atoms with Crippen LogP contribution < -0.4 is 0 Å². The number of aryl methyl sites for hydroxylation is 1. The molecule has 1 spiro atoms. The fourth-order valence-corrected chi connectivity index (χ4v) is 4.83. The highest BCUT2D eigenvalue weighted by Gasteiger charge is 2.48. The molecule has 1 aromatic rings. The Labute approximate surface area is 159 Å². The van der Waals surface area contributed by atoms with Crippen LogP contribution in [0.3, 0.4) is 0 Å². The van der Waals surface area contributed by atoms with E-state index in [9.17, 15) is 9.90 Å². The van der Waals surface area contributed by atoms with E-state index in [1.807, 2.05) is 26.8 Å². The molecule has 3 heterocycles. The smallest absolute Gasteiger partial charge is 0.234 e. The Hall–Kier alpha value is -1.89. The van der Waals surface area contributed by atoms with E-state index in [1.54, 1.807) is 4.90 Å². The topological polar surface area (TPSA) is 88.2 Å². The summed E-state index contributed by atoms with van der Waals surface area (Å²) in [5.74, 6) is 0.204. The van der Waals surface area contributed by atoms with Gasteiger partial charge < -0.3 is 19.4 Å². The molecule has 3 unspecified atom stereocenters. The fraction of sp³-hybridized carbons (Fsp3) is 0.750. The normalized spacial score (nSPS) is 28.0. The van der Waals surface area contributed by atoms with Crippen molar-refractivity contribution in [1.82, 2.24) is 10.1 Å². The molecule has 0 aromatic carbocycles. The molecule has 7 nitrogen and oxygen atoms in total. The Bertz CT molecular complexity index is 735. The van der Waals surface area contributed by atoms with Crippen molar-refractivity contribution in [2.24, 2.45) is 11.1 Å². The lowest BCUT2D eigenvalue weighted by Gasteiger charge is -2.29. The zero-order chi connectivity index (χ0) is 19.2. The summed E-state index contributed by atoms with van der Waals surface area (Å²) in [6.45, 7) is 6.19. The van der Waals surface area contributed by atoms with Crippen LogP contribution in [0.15, 0.2) is 15.7 Å². The molecular formula is C20H29N3O4. The van der Waals surface area contributed by atoms with E-state index in [1.165, 1.54) is 12.8 Å². The van der Waals surface area contributed by atoms with Gasteiger partial charge in [-0.3, -0.25) is 4.79 Å². The van der Waals surface area contributed by atoms with Crippen molar-refractivity contribution in [2.45, 2.75) is 83.0 Å². The van der Waals surface area contributed by atoms with Gasteiger partial charge in [0, 0.05) is 25.5 Å². The van der Waals surface area contributed by atoms with Crippen molar-refractivity contribution in [3.05, 3.63) is 17.5 Å². The van der Waals surface area contributed by atoms with Crippen LogP contribution in [0.4, 0.5) is 0 Å². The van der Waals surface area contributed by atoms with Gasteiger partial charge >= 0.3 is 0 Å². The summed E-state index contributed by atoms with van der Waals surface area (Å²) in [7, 11) is 0. The molecule has 1 aliphatic carbocycles. The summed E-state index contributed by atoms with van der Waals surface area (Å²) in [6, 6.07) is 1.63. The van der Waals surface area contributed by atoms with Gasteiger partial charge in [0.15, 0.2) is 0 Å². The quantitative estimate of drug-likeness (QED) is 0.874. The van der Waals surface area contributed by atoms with Gasteiger partial charge in [0.25, 0.3) is 0 Å². The summed E-state index contributed by atoms with van der Waals surface area (Å²) in [5.41, 5.74) is 1.49. The number of rotatable bonds is 4. The lowest BCUT2D eigenvalue weighted by Crippen LogP contribution is -2.44. The molecule has 1 saturated carbocycles. The number of aliphatic hydroxyl groups excluding tert-OH is 1. The van der Waals surface area contributed by atoms with E-state index < -0.39 is 12.0 Å². The fourth-order valence-electron chi connectivity index (χ4n) is 4.83. The molecule has 3 atom stereocenters. The standard InChI is InChI=1S/C20H29N3O4/c1-12(2)18(17-8-13(3)21-26-17)19(25)23-11-14(24)9-16(23)15-10-20(27-22-15)6-4-5-7-20/h8,12,14,16,18,24H,4-7,9-11H2,1-3H3. The Morgan fingerprint density at radius 2 is 2.11 bits per heavy atom. The van der Waals surface area contributed by atoms with Gasteiger partial charge in [-0.15, -0.1) is 0 Å². The number of oxime groups is 1. The van der Waals surface area contributed by atoms with Gasteiger partial charge in [-0.1, -0.05) is 24.2 Å². The monoisotopic (exact) mass is 375 g/mol. The Morgan fingerprint density at radius 1 is 1.37 bits per heavy atom. The number of likely N-dealkylation sites (tertiary alicyclic amines) is 1. The molecule has 2 aliphatic heterocycles. The molecule has 2 fully saturated rings. The Morgan fingerprint density at radius 3 is 2.74 bits per heavy atom. The first kappa shape index (κ1) is 18.5. The second-order valence-electron chi connectivity index (χ2n) is 8.73. The van der Waals surface area contributed by atoms with Crippen molar-refractivity contribution < 1.29 is 19.3 Å². The number of aromatic nitrogens is 1. The largest absolute Gasteiger partial charge is 0.391 e. The first-order valence-electron chi connectivity index (χ1n) is 10.1. The molecule has 4 rings (SSSR count). The summed E-state index contributed by atoms with van der Waals surface area (Å²) >= 11 is 0. The van der Waals surface area contributed by atoms with Crippen LogP contribution in [0.2, 0.25) is 0 Å². The SMILES string of the molecule is Cc1cc(C(C(=O)N2CC(O)CC2C2=NOC3(CCCC3)C2)C(C)C)on1. The van der Waals surface area contributed by atoms with E-state index in [-0.39, 0.29) is 23.5 Å². The molecule has 1 amide bonds. The molecule has 1 saturated heterocycles. The first-order valence-corrected chi connectivity index (χ1v) is 10.1. The van der Waals surface area contributed by atoms with Gasteiger partial charge in [-0.05, 0) is 38.5 Å². The second-order valence-corrected chi connectivity index (χ2v) is 8.73. The number of carbonyl (C=O) groups is 1. The van der Waals surface area contributed by atoms with Crippen LogP contribution in [0.1, 0.15) is 69.7 Å². The van der Waals surface area contributed by atoms with Crippen LogP contribution in [0, 0.1) is 12.8 Å². The summed E-state index contributed by atoms with van der Waals surface area (Å²) < 4.78 is 5.42. The van der Waals surface area contributed by atoms with Gasteiger partial charge in [0.1, 0.15) is 17.3 Å². The molecule has 0 radical (unpaired) electrons. The summed E-state index contributed by atoms with van der Waals surface area (Å²) in [5, 5.41) is 18.6. The van der Waals surface area contributed by atoms with Crippen molar-refractivity contribution in [1.29, 1.82) is 0 Å². The number of amides is 1. The number of hydrogen-bond acceptors (Lipinski definition) is 6. The van der Waals surface area contributed by atoms with Crippen LogP contribution in [-0.2, 0) is 9.63 Å². The van der Waals surface area contributed by atoms with Crippen LogP contribution in [0.5, 0.6) is 0 Å². The van der Waals surface area contributed by atoms with Crippen LogP contribution >= 0.6 is 0 Å². The minimum Gasteiger partial charge on any atom is -0.391 e. The van der Waals surface area contributed by atoms with Gasteiger partial charge in [-0.25, -0.2) is 0 Å². The third-order valence-corrected chi connectivity index (χ3v) is 6.21. The minimum atomic E-state index is -0.536. The third kappa shape index (κ3) is 3.37. The molecular weight excluding hydrogens is 346 g/mol. The summed E-state index contributed by atoms with van der Waals surface area (Å²) in [4.78, 5) is 21.1. The molecule has 7 heteroatoms. The lowest BCUT2D eigenvalue weighted by atomic mass is 9.89. The molecule has 3 aliphatic rings. The minimum absolute atomic E-state index is 0.0298. The van der Waals surface area contributed by atoms with Crippen molar-refractivity contribution >= 4 is 11.6 Å². The van der Waals surface area contributed by atoms with E-state index in [2.05, 4.69) is 10.3 Å². The van der Waals surface area contributed by atoms with Crippen molar-refractivity contribution in [3.63, 3.8) is 0 Å². The first-order chi connectivity index (χ1) is 12.9. The average molecular weight is 375 g/mol. The highest BCUT2D eigenvalue weighted by atomic mass is 16.7. The number of nitrogens with zero attached hydrogens (tertiary/aromatic N) is 3. The average Bonchev–Trinajstić information content (AvgIpc) is 3.38. The zero-order valence-corrected chi connectivity index (χ0v) is 16.4. The highest BCUT2D eigenvalue weighted by Crippen LogP contribution is 2.42. The van der Waals surface area contributed by atoms with Crippen molar-refractivity contribution in [2.75, 3.05) is 6.54 Å². The van der Waals surface area contributed by atoms with E-state index in [0.29, 0.717) is 18.7 Å². The lowest BCUT2D eigenvalue weighted by molar-refractivity contribution is -0.134. The predicted molar refractivity (Wildman–Crippen MR) is 99.3 cm³/mol. The van der Waals surface area contributed by atoms with Gasteiger partial charge in [-0.2, -0.15) is 0 Å². The van der Waals surface area contributed by atoms with E-state index in [0.717, 1.165) is 30.7 Å². The van der Waals surface area contributed by atoms with Gasteiger partial charge in [0.2, 0.25) is 5.91 Å². The predicted octanol–water partition coefficient (Wildman–Crippen LogP) is 2.77. The molecule has 1 N–H and O–H groups in total. The molecule has 27 heavy (non-hydrogen) atoms.